The first-order valence-corrected chi connectivity index (χ1v) is 6.20. The number of pyridine rings is 2. The van der Waals surface area contributed by atoms with Gasteiger partial charge in [0, 0.05) is 41.6 Å². The summed E-state index contributed by atoms with van der Waals surface area (Å²) in [5.41, 5.74) is 7.31. The topological polar surface area (TPSA) is 63.8 Å². The highest BCUT2D eigenvalue weighted by atomic mass is 19.1. The molecule has 0 radical (unpaired) electrons. The number of hydrogen-bond acceptors (Lipinski definition) is 4. The summed E-state index contributed by atoms with van der Waals surface area (Å²) in [7, 11) is 0. The molecule has 2 aromatic heterocycles. The largest absolute Gasteiger partial charge is 0.398 e. The second-order valence-corrected chi connectivity index (χ2v) is 4.46. The van der Waals surface area contributed by atoms with Crippen molar-refractivity contribution in [1.82, 2.24) is 9.97 Å². The van der Waals surface area contributed by atoms with E-state index in [1.165, 1.54) is 12.1 Å². The highest BCUT2D eigenvalue weighted by Gasteiger charge is 2.07. The highest BCUT2D eigenvalue weighted by Crippen LogP contribution is 2.27. The van der Waals surface area contributed by atoms with E-state index >= 15 is 0 Å². The summed E-state index contributed by atoms with van der Waals surface area (Å²) in [6, 6.07) is 8.35. The van der Waals surface area contributed by atoms with Crippen LogP contribution in [-0.2, 0) is 6.54 Å². The maximum Gasteiger partial charge on any atom is 0.134 e. The van der Waals surface area contributed by atoms with Gasteiger partial charge < -0.3 is 11.1 Å². The van der Waals surface area contributed by atoms with Crippen LogP contribution in [-0.4, -0.2) is 9.97 Å². The Kier molecular flexibility index (Phi) is 3.16. The molecule has 0 unspecified atom stereocenters. The van der Waals surface area contributed by atoms with E-state index in [-0.39, 0.29) is 5.82 Å². The average molecular weight is 268 g/mol. The number of nitrogens with zero attached hydrogens (tertiary/aromatic N) is 2. The molecule has 0 bridgehead atoms. The van der Waals surface area contributed by atoms with Crippen molar-refractivity contribution in [2.75, 3.05) is 11.1 Å². The minimum Gasteiger partial charge on any atom is -0.398 e. The summed E-state index contributed by atoms with van der Waals surface area (Å²) in [5.74, 6) is 0.250. The molecule has 4 nitrogen and oxygen atoms in total. The number of anilines is 2. The van der Waals surface area contributed by atoms with Gasteiger partial charge in [0.25, 0.3) is 0 Å². The zero-order valence-electron chi connectivity index (χ0n) is 10.7. The summed E-state index contributed by atoms with van der Waals surface area (Å²) >= 11 is 0. The van der Waals surface area contributed by atoms with Gasteiger partial charge in [0.1, 0.15) is 11.6 Å². The van der Waals surface area contributed by atoms with Crippen LogP contribution >= 0.6 is 0 Å². The molecule has 0 saturated heterocycles. The van der Waals surface area contributed by atoms with Crippen molar-refractivity contribution < 1.29 is 4.39 Å². The predicted molar refractivity (Wildman–Crippen MR) is 77.7 cm³/mol. The fourth-order valence-electron chi connectivity index (χ4n) is 2.10. The van der Waals surface area contributed by atoms with Gasteiger partial charge in [0.15, 0.2) is 0 Å². The molecule has 0 saturated carbocycles. The van der Waals surface area contributed by atoms with Crippen LogP contribution in [0.1, 0.15) is 5.56 Å². The summed E-state index contributed by atoms with van der Waals surface area (Å²) in [4.78, 5) is 8.22. The molecule has 0 spiro atoms. The number of aromatic nitrogens is 2. The Morgan fingerprint density at radius 1 is 1.05 bits per heavy atom. The van der Waals surface area contributed by atoms with Crippen molar-refractivity contribution in [1.29, 1.82) is 0 Å². The number of fused-ring (bicyclic) bond motifs is 1. The SMILES string of the molecule is Nc1cc(F)cc2c(NCc3ccncc3)nccc12. The summed E-state index contributed by atoms with van der Waals surface area (Å²) in [6.07, 6.45) is 5.11. The van der Waals surface area contributed by atoms with Crippen molar-refractivity contribution >= 4 is 22.3 Å². The molecule has 3 N–H and O–H groups in total. The lowest BCUT2D eigenvalue weighted by Gasteiger charge is -2.10. The standard InChI is InChI=1S/C15H13FN4/c16-11-7-13-12(14(17)8-11)3-6-19-15(13)20-9-10-1-4-18-5-2-10/h1-8H,9,17H2,(H,19,20). The van der Waals surface area contributed by atoms with Gasteiger partial charge >= 0.3 is 0 Å². The Balaban J connectivity index is 1.95. The van der Waals surface area contributed by atoms with Gasteiger partial charge in [-0.25, -0.2) is 9.37 Å². The van der Waals surface area contributed by atoms with Gasteiger partial charge in [-0.05, 0) is 35.9 Å². The van der Waals surface area contributed by atoms with Crippen LogP contribution in [0.15, 0.2) is 48.9 Å². The van der Waals surface area contributed by atoms with E-state index in [9.17, 15) is 4.39 Å². The lowest BCUT2D eigenvalue weighted by molar-refractivity contribution is 0.630. The third-order valence-electron chi connectivity index (χ3n) is 3.09. The van der Waals surface area contributed by atoms with E-state index in [1.807, 2.05) is 12.1 Å². The predicted octanol–water partition coefficient (Wildman–Crippen LogP) is 2.96. The number of nitrogens with two attached hydrogens (primary N) is 1. The molecule has 3 aromatic rings. The fourth-order valence-corrected chi connectivity index (χ4v) is 2.10. The third-order valence-corrected chi connectivity index (χ3v) is 3.09. The maximum atomic E-state index is 13.5. The van der Waals surface area contributed by atoms with Crippen molar-refractivity contribution in [2.24, 2.45) is 0 Å². The van der Waals surface area contributed by atoms with Gasteiger partial charge in [-0.15, -0.1) is 0 Å². The molecule has 20 heavy (non-hydrogen) atoms. The van der Waals surface area contributed by atoms with Crippen molar-refractivity contribution in [3.63, 3.8) is 0 Å². The lowest BCUT2D eigenvalue weighted by atomic mass is 10.1. The molecule has 2 heterocycles. The smallest absolute Gasteiger partial charge is 0.134 e. The quantitative estimate of drug-likeness (QED) is 0.717. The molecule has 0 amide bonds. The van der Waals surface area contributed by atoms with Crippen molar-refractivity contribution in [3.05, 3.63) is 60.3 Å². The van der Waals surface area contributed by atoms with Crippen LogP contribution in [0, 0.1) is 5.82 Å². The Hall–Kier alpha value is -2.69. The van der Waals surface area contributed by atoms with Gasteiger partial charge in [0.05, 0.1) is 0 Å². The molecule has 100 valence electrons. The summed E-state index contributed by atoms with van der Waals surface area (Å²) < 4.78 is 13.5. The van der Waals surface area contributed by atoms with Crippen LogP contribution in [0.25, 0.3) is 10.8 Å². The van der Waals surface area contributed by atoms with E-state index in [0.717, 1.165) is 10.9 Å². The minimum atomic E-state index is -0.366. The van der Waals surface area contributed by atoms with E-state index in [4.69, 9.17) is 5.73 Å². The Morgan fingerprint density at radius 3 is 2.65 bits per heavy atom. The normalized spacial score (nSPS) is 10.7. The first kappa shape index (κ1) is 12.3. The Labute approximate surface area is 115 Å². The number of halogens is 1. The monoisotopic (exact) mass is 268 g/mol. The first-order chi connectivity index (χ1) is 9.74. The van der Waals surface area contributed by atoms with Crippen molar-refractivity contribution in [3.8, 4) is 0 Å². The molecule has 0 aliphatic heterocycles. The summed E-state index contributed by atoms with van der Waals surface area (Å²) in [6.45, 7) is 0.588. The van der Waals surface area contributed by atoms with Crippen LogP contribution in [0.4, 0.5) is 15.9 Å². The molecule has 0 aliphatic carbocycles. The number of rotatable bonds is 3. The fraction of sp³-hybridized carbons (Fsp3) is 0.0667. The van der Waals surface area contributed by atoms with E-state index in [1.54, 1.807) is 24.7 Å². The van der Waals surface area contributed by atoms with Crippen LogP contribution in [0.3, 0.4) is 0 Å². The van der Waals surface area contributed by atoms with Gasteiger partial charge in [-0.1, -0.05) is 0 Å². The third kappa shape index (κ3) is 2.38. The summed E-state index contributed by atoms with van der Waals surface area (Å²) in [5, 5.41) is 4.67. The molecular weight excluding hydrogens is 255 g/mol. The molecule has 0 aliphatic rings. The number of hydrogen-bond donors (Lipinski definition) is 2. The first-order valence-electron chi connectivity index (χ1n) is 6.20. The Bertz CT molecular complexity index is 743. The number of nitrogens with one attached hydrogen (secondary N) is 1. The molecule has 1 aromatic carbocycles. The molecule has 0 atom stereocenters. The van der Waals surface area contributed by atoms with Gasteiger partial charge in [-0.3, -0.25) is 4.98 Å². The van der Waals surface area contributed by atoms with Gasteiger partial charge in [-0.2, -0.15) is 0 Å². The Morgan fingerprint density at radius 2 is 1.85 bits per heavy atom. The van der Waals surface area contributed by atoms with Crippen LogP contribution in [0.2, 0.25) is 0 Å². The van der Waals surface area contributed by atoms with Gasteiger partial charge in [0.2, 0.25) is 0 Å². The van der Waals surface area contributed by atoms with E-state index in [2.05, 4.69) is 15.3 Å². The number of benzene rings is 1. The second-order valence-electron chi connectivity index (χ2n) is 4.46. The van der Waals surface area contributed by atoms with Crippen molar-refractivity contribution in [2.45, 2.75) is 6.54 Å². The molecule has 0 fully saturated rings. The zero-order chi connectivity index (χ0) is 13.9. The average Bonchev–Trinajstić information content (AvgIpc) is 2.46. The molecular formula is C15H13FN4. The van der Waals surface area contributed by atoms with E-state index in [0.29, 0.717) is 23.4 Å². The van der Waals surface area contributed by atoms with E-state index < -0.39 is 0 Å². The minimum absolute atomic E-state index is 0.366. The zero-order valence-corrected chi connectivity index (χ0v) is 10.7. The molecule has 3 rings (SSSR count). The maximum absolute atomic E-state index is 13.5. The van der Waals surface area contributed by atoms with Crippen LogP contribution in [0.5, 0.6) is 0 Å². The number of nitrogen functional groups attached to an aromatic ring is 1. The van der Waals surface area contributed by atoms with Crippen LogP contribution < -0.4 is 11.1 Å². The lowest BCUT2D eigenvalue weighted by Crippen LogP contribution is -2.02. The second kappa shape index (κ2) is 5.13. The molecule has 5 heteroatoms. The highest BCUT2D eigenvalue weighted by molar-refractivity contribution is 5.99.